The third-order valence-electron chi connectivity index (χ3n) is 1.77. The van der Waals surface area contributed by atoms with Crippen LogP contribution in [-0.4, -0.2) is 36.4 Å². The molecule has 0 aliphatic heterocycles. The van der Waals surface area contributed by atoms with E-state index >= 15 is 0 Å². The number of carbonyl (C=O) groups is 1. The first kappa shape index (κ1) is 10.3. The number of hydrogen-bond acceptors (Lipinski definition) is 4. The largest absolute Gasteiger partial charge is 0.382 e. The number of nitrogen functional groups attached to an aromatic ring is 1. The monoisotopic (exact) mass is 194 g/mol. The van der Waals surface area contributed by atoms with Gasteiger partial charge in [0.2, 0.25) is 5.91 Å². The van der Waals surface area contributed by atoms with Crippen LogP contribution in [0.1, 0.15) is 0 Å². The molecule has 0 bridgehead atoms. The number of aromatic nitrogens is 1. The maximum Gasteiger partial charge on any atom is 0.241 e. The Labute approximate surface area is 82.9 Å². The third kappa shape index (κ3) is 2.62. The van der Waals surface area contributed by atoms with E-state index in [0.717, 1.165) is 0 Å². The van der Waals surface area contributed by atoms with E-state index < -0.39 is 0 Å². The summed E-state index contributed by atoms with van der Waals surface area (Å²) in [5, 5.41) is 2.92. The maximum absolute atomic E-state index is 11.2. The second-order valence-corrected chi connectivity index (χ2v) is 3.08. The second kappa shape index (κ2) is 4.45. The van der Waals surface area contributed by atoms with E-state index in [-0.39, 0.29) is 12.5 Å². The van der Waals surface area contributed by atoms with E-state index in [0.29, 0.717) is 11.5 Å². The average Bonchev–Trinajstić information content (AvgIpc) is 2.16. The lowest BCUT2D eigenvalue weighted by Gasteiger charge is -2.12. The summed E-state index contributed by atoms with van der Waals surface area (Å²) in [4.78, 5) is 16.6. The number of rotatable bonds is 3. The van der Waals surface area contributed by atoms with Crippen molar-refractivity contribution in [3.63, 3.8) is 0 Å². The Morgan fingerprint density at radius 2 is 2.36 bits per heavy atom. The minimum Gasteiger partial charge on any atom is -0.382 e. The van der Waals surface area contributed by atoms with Crippen molar-refractivity contribution in [1.82, 2.24) is 9.88 Å². The Balaban J connectivity index is 2.54. The van der Waals surface area contributed by atoms with Crippen molar-refractivity contribution < 1.29 is 4.79 Å². The molecule has 76 valence electrons. The fourth-order valence-electron chi connectivity index (χ4n) is 0.896. The molecule has 1 rings (SSSR count). The Kier molecular flexibility index (Phi) is 3.28. The summed E-state index contributed by atoms with van der Waals surface area (Å²) in [6.45, 7) is 0.225. The molecule has 0 atom stereocenters. The number of carbonyl (C=O) groups excluding carboxylic acids is 1. The molecule has 1 amide bonds. The van der Waals surface area contributed by atoms with Crippen LogP contribution in [0, 0.1) is 0 Å². The first-order valence-electron chi connectivity index (χ1n) is 4.26. The SMILES string of the molecule is CN(C)C(=O)CNc1cccnc1N. The van der Waals surface area contributed by atoms with Crippen LogP contribution in [0.25, 0.3) is 0 Å². The molecule has 5 nitrogen and oxygen atoms in total. The molecule has 0 unspecified atom stereocenters. The summed E-state index contributed by atoms with van der Waals surface area (Å²) < 4.78 is 0. The Morgan fingerprint density at radius 3 is 2.93 bits per heavy atom. The topological polar surface area (TPSA) is 71.2 Å². The van der Waals surface area contributed by atoms with Gasteiger partial charge in [-0.25, -0.2) is 4.98 Å². The van der Waals surface area contributed by atoms with Gasteiger partial charge in [0.05, 0.1) is 12.2 Å². The van der Waals surface area contributed by atoms with Crippen molar-refractivity contribution in [3.05, 3.63) is 18.3 Å². The van der Waals surface area contributed by atoms with Gasteiger partial charge in [-0.1, -0.05) is 0 Å². The molecule has 1 aromatic heterocycles. The van der Waals surface area contributed by atoms with Crippen LogP contribution in [0.5, 0.6) is 0 Å². The molecule has 0 saturated heterocycles. The van der Waals surface area contributed by atoms with E-state index in [1.165, 1.54) is 4.90 Å². The highest BCUT2D eigenvalue weighted by Gasteiger charge is 2.04. The number of amides is 1. The fourth-order valence-corrected chi connectivity index (χ4v) is 0.896. The van der Waals surface area contributed by atoms with Crippen molar-refractivity contribution in [2.75, 3.05) is 31.7 Å². The zero-order valence-corrected chi connectivity index (χ0v) is 8.32. The third-order valence-corrected chi connectivity index (χ3v) is 1.77. The molecular weight excluding hydrogens is 180 g/mol. The number of nitrogens with two attached hydrogens (primary N) is 1. The molecule has 1 aromatic rings. The molecule has 0 fully saturated rings. The summed E-state index contributed by atoms with van der Waals surface area (Å²) in [7, 11) is 3.41. The van der Waals surface area contributed by atoms with Crippen LogP contribution < -0.4 is 11.1 Å². The summed E-state index contributed by atoms with van der Waals surface area (Å²) >= 11 is 0. The molecule has 0 radical (unpaired) electrons. The highest BCUT2D eigenvalue weighted by atomic mass is 16.2. The van der Waals surface area contributed by atoms with Gasteiger partial charge in [0.1, 0.15) is 5.82 Å². The molecular formula is C9H14N4O. The molecule has 5 heteroatoms. The molecule has 14 heavy (non-hydrogen) atoms. The van der Waals surface area contributed by atoms with Gasteiger partial charge < -0.3 is 16.0 Å². The predicted octanol–water partition coefficient (Wildman–Crippen LogP) is 0.164. The van der Waals surface area contributed by atoms with Crippen LogP contribution in [0.15, 0.2) is 18.3 Å². The van der Waals surface area contributed by atoms with E-state index in [1.54, 1.807) is 32.4 Å². The normalized spacial score (nSPS) is 9.57. The fraction of sp³-hybridized carbons (Fsp3) is 0.333. The summed E-state index contributed by atoms with van der Waals surface area (Å²) in [5.74, 6) is 0.396. The highest BCUT2D eigenvalue weighted by molar-refractivity contribution is 5.81. The smallest absolute Gasteiger partial charge is 0.241 e. The second-order valence-electron chi connectivity index (χ2n) is 3.08. The summed E-state index contributed by atoms with van der Waals surface area (Å²) in [6.07, 6.45) is 1.61. The van der Waals surface area contributed by atoms with Gasteiger partial charge in [-0.05, 0) is 12.1 Å². The van der Waals surface area contributed by atoms with Crippen molar-refractivity contribution >= 4 is 17.4 Å². The van der Waals surface area contributed by atoms with Gasteiger partial charge in [0, 0.05) is 20.3 Å². The summed E-state index contributed by atoms with van der Waals surface area (Å²) in [6, 6.07) is 3.55. The highest BCUT2D eigenvalue weighted by Crippen LogP contribution is 2.12. The lowest BCUT2D eigenvalue weighted by atomic mass is 10.4. The Bertz CT molecular complexity index is 324. The minimum atomic E-state index is -0.00625. The van der Waals surface area contributed by atoms with Crippen LogP contribution in [0.2, 0.25) is 0 Å². The first-order valence-corrected chi connectivity index (χ1v) is 4.26. The standard InChI is InChI=1S/C9H14N4O/c1-13(2)8(14)6-12-7-4-3-5-11-9(7)10/h3-5,12H,6H2,1-2H3,(H2,10,11). The maximum atomic E-state index is 11.2. The number of pyridine rings is 1. The molecule has 0 aliphatic carbocycles. The van der Waals surface area contributed by atoms with Gasteiger partial charge in [-0.15, -0.1) is 0 Å². The van der Waals surface area contributed by atoms with Crippen LogP contribution >= 0.6 is 0 Å². The minimum absolute atomic E-state index is 0.00625. The van der Waals surface area contributed by atoms with Gasteiger partial charge in [-0.2, -0.15) is 0 Å². The van der Waals surface area contributed by atoms with Gasteiger partial charge >= 0.3 is 0 Å². The van der Waals surface area contributed by atoms with Gasteiger partial charge in [0.25, 0.3) is 0 Å². The van der Waals surface area contributed by atoms with Crippen molar-refractivity contribution in [3.8, 4) is 0 Å². The van der Waals surface area contributed by atoms with Gasteiger partial charge in [0.15, 0.2) is 0 Å². The zero-order valence-electron chi connectivity index (χ0n) is 8.32. The number of likely N-dealkylation sites (N-methyl/N-ethyl adjacent to an activating group) is 1. The molecule has 0 aliphatic rings. The van der Waals surface area contributed by atoms with E-state index in [9.17, 15) is 4.79 Å². The summed E-state index contributed by atoms with van der Waals surface area (Å²) in [5.41, 5.74) is 6.27. The van der Waals surface area contributed by atoms with Crippen molar-refractivity contribution in [2.45, 2.75) is 0 Å². The van der Waals surface area contributed by atoms with Crippen LogP contribution in [-0.2, 0) is 4.79 Å². The van der Waals surface area contributed by atoms with E-state index in [1.807, 2.05) is 0 Å². The number of hydrogen-bond donors (Lipinski definition) is 2. The molecule has 0 aromatic carbocycles. The Morgan fingerprint density at radius 1 is 1.64 bits per heavy atom. The molecule has 3 N–H and O–H groups in total. The first-order chi connectivity index (χ1) is 6.61. The molecule has 1 heterocycles. The van der Waals surface area contributed by atoms with E-state index in [2.05, 4.69) is 10.3 Å². The number of nitrogens with one attached hydrogen (secondary N) is 1. The van der Waals surface area contributed by atoms with Crippen molar-refractivity contribution in [2.24, 2.45) is 0 Å². The zero-order chi connectivity index (χ0) is 10.6. The predicted molar refractivity (Wildman–Crippen MR) is 55.8 cm³/mol. The Hall–Kier alpha value is -1.78. The lowest BCUT2D eigenvalue weighted by molar-refractivity contribution is -0.126. The number of anilines is 2. The van der Waals surface area contributed by atoms with Gasteiger partial charge in [-0.3, -0.25) is 4.79 Å². The van der Waals surface area contributed by atoms with Crippen LogP contribution in [0.4, 0.5) is 11.5 Å². The number of nitrogens with zero attached hydrogens (tertiary/aromatic N) is 2. The van der Waals surface area contributed by atoms with E-state index in [4.69, 9.17) is 5.73 Å². The quantitative estimate of drug-likeness (QED) is 0.719. The average molecular weight is 194 g/mol. The van der Waals surface area contributed by atoms with Crippen LogP contribution in [0.3, 0.4) is 0 Å². The lowest BCUT2D eigenvalue weighted by Crippen LogP contribution is -2.28. The molecule has 0 saturated carbocycles. The van der Waals surface area contributed by atoms with Crippen molar-refractivity contribution in [1.29, 1.82) is 0 Å². The molecule has 0 spiro atoms.